The van der Waals surface area contributed by atoms with Crippen LogP contribution in [0.3, 0.4) is 0 Å². The molecule has 0 saturated carbocycles. The molecule has 3 rings (SSSR count). The molecule has 0 radical (unpaired) electrons. The second-order valence-corrected chi connectivity index (χ2v) is 10.9. The van der Waals surface area contributed by atoms with E-state index in [2.05, 4.69) is 6.92 Å². The van der Waals surface area contributed by atoms with Crippen LogP contribution in [-0.4, -0.2) is 28.4 Å². The molecule has 226 valence electrons. The van der Waals surface area contributed by atoms with Crippen molar-refractivity contribution in [2.24, 2.45) is 0 Å². The van der Waals surface area contributed by atoms with Crippen LogP contribution in [0.2, 0.25) is 0 Å². The maximum absolute atomic E-state index is 13.9. The van der Waals surface area contributed by atoms with Crippen molar-refractivity contribution < 1.29 is 23.4 Å². The van der Waals surface area contributed by atoms with Crippen LogP contribution in [0.25, 0.3) is 22.3 Å². The molecule has 0 N–H and O–H groups in total. The molecule has 0 aliphatic carbocycles. The molecule has 41 heavy (non-hydrogen) atoms. The van der Waals surface area contributed by atoms with Crippen LogP contribution in [0.5, 0.6) is 23.0 Å². The van der Waals surface area contributed by atoms with E-state index in [0.29, 0.717) is 51.7 Å². The fraction of sp³-hybridized carbons (Fsp3) is 0.571. The van der Waals surface area contributed by atoms with Crippen molar-refractivity contribution in [1.29, 1.82) is 0 Å². The summed E-state index contributed by atoms with van der Waals surface area (Å²) in [6.45, 7) is 2.27. The minimum atomic E-state index is -0.0756. The normalized spacial score (nSPS) is 11.1. The average molecular weight is 567 g/mol. The zero-order valence-electron chi connectivity index (χ0n) is 25.9. The maximum Gasteiger partial charge on any atom is 0.200 e. The molecule has 1 heterocycles. The van der Waals surface area contributed by atoms with E-state index in [-0.39, 0.29) is 5.43 Å². The van der Waals surface area contributed by atoms with Gasteiger partial charge in [0, 0.05) is 23.8 Å². The summed E-state index contributed by atoms with van der Waals surface area (Å²) in [7, 11) is 6.36. The van der Waals surface area contributed by atoms with Gasteiger partial charge in [0.05, 0.1) is 34.0 Å². The maximum atomic E-state index is 13.9. The van der Waals surface area contributed by atoms with Gasteiger partial charge < -0.3 is 23.4 Å². The van der Waals surface area contributed by atoms with E-state index in [1.807, 2.05) is 18.2 Å². The summed E-state index contributed by atoms with van der Waals surface area (Å²) in [4.78, 5) is 13.9. The van der Waals surface area contributed by atoms with Gasteiger partial charge in [-0.05, 0) is 25.0 Å². The van der Waals surface area contributed by atoms with Gasteiger partial charge in [-0.25, -0.2) is 0 Å². The van der Waals surface area contributed by atoms with E-state index in [1.165, 1.54) is 77.0 Å². The lowest BCUT2D eigenvalue weighted by Crippen LogP contribution is -2.13. The monoisotopic (exact) mass is 566 g/mol. The molecule has 0 bridgehead atoms. The van der Waals surface area contributed by atoms with E-state index in [1.54, 1.807) is 40.6 Å². The summed E-state index contributed by atoms with van der Waals surface area (Å²) in [5.41, 5.74) is 1.70. The largest absolute Gasteiger partial charge is 0.497 e. The number of fused-ring (bicyclic) bond motifs is 1. The molecule has 0 aliphatic rings. The van der Waals surface area contributed by atoms with E-state index in [4.69, 9.17) is 23.4 Å². The molecule has 3 aromatic rings. The molecule has 6 nitrogen and oxygen atoms in total. The van der Waals surface area contributed by atoms with Crippen molar-refractivity contribution in [3.63, 3.8) is 0 Å². The van der Waals surface area contributed by atoms with E-state index >= 15 is 0 Å². The summed E-state index contributed by atoms with van der Waals surface area (Å²) in [6.07, 6.45) is 18.7. The first-order chi connectivity index (χ1) is 20.1. The van der Waals surface area contributed by atoms with Crippen LogP contribution >= 0.6 is 0 Å². The Balaban J connectivity index is 1.68. The molecule has 2 aromatic carbocycles. The third-order valence-electron chi connectivity index (χ3n) is 7.92. The Morgan fingerprint density at radius 1 is 0.610 bits per heavy atom. The third kappa shape index (κ3) is 9.17. The van der Waals surface area contributed by atoms with Gasteiger partial charge in [-0.3, -0.25) is 4.79 Å². The highest BCUT2D eigenvalue weighted by Crippen LogP contribution is 2.38. The third-order valence-corrected chi connectivity index (χ3v) is 7.92. The first-order valence-corrected chi connectivity index (χ1v) is 15.5. The summed E-state index contributed by atoms with van der Waals surface area (Å²) in [5, 5.41) is 0.435. The fourth-order valence-electron chi connectivity index (χ4n) is 5.50. The molecule has 1 aromatic heterocycles. The molecule has 6 heteroatoms. The van der Waals surface area contributed by atoms with Gasteiger partial charge in [0.15, 0.2) is 5.43 Å². The Morgan fingerprint density at radius 2 is 1.15 bits per heavy atom. The summed E-state index contributed by atoms with van der Waals surface area (Å²) < 4.78 is 28.5. The highest BCUT2D eigenvalue weighted by atomic mass is 16.5. The van der Waals surface area contributed by atoms with Crippen molar-refractivity contribution in [2.45, 2.75) is 103 Å². The van der Waals surface area contributed by atoms with Crippen molar-refractivity contribution in [2.75, 3.05) is 28.4 Å². The Morgan fingerprint density at radius 3 is 1.68 bits per heavy atom. The van der Waals surface area contributed by atoms with Gasteiger partial charge >= 0.3 is 0 Å². The summed E-state index contributed by atoms with van der Waals surface area (Å²) in [6, 6.07) is 9.00. The van der Waals surface area contributed by atoms with Gasteiger partial charge in [-0.1, -0.05) is 90.4 Å². The van der Waals surface area contributed by atoms with Gasteiger partial charge in [0.25, 0.3) is 0 Å². The highest BCUT2D eigenvalue weighted by Gasteiger charge is 2.22. The van der Waals surface area contributed by atoms with Crippen LogP contribution < -0.4 is 24.4 Å². The smallest absolute Gasteiger partial charge is 0.200 e. The topological polar surface area (TPSA) is 67.1 Å². The first kappa shape index (κ1) is 32.4. The minimum Gasteiger partial charge on any atom is -0.497 e. The van der Waals surface area contributed by atoms with Crippen LogP contribution in [0.1, 0.15) is 102 Å². The van der Waals surface area contributed by atoms with Crippen molar-refractivity contribution >= 4 is 11.0 Å². The molecule has 0 saturated heterocycles. The quantitative estimate of drug-likeness (QED) is 0.127. The van der Waals surface area contributed by atoms with Gasteiger partial charge in [0.1, 0.15) is 39.7 Å². The van der Waals surface area contributed by atoms with Gasteiger partial charge in [0.2, 0.25) is 0 Å². The van der Waals surface area contributed by atoms with Gasteiger partial charge in [-0.2, -0.15) is 0 Å². The van der Waals surface area contributed by atoms with Crippen LogP contribution in [0, 0.1) is 0 Å². The zero-order valence-corrected chi connectivity index (χ0v) is 25.9. The van der Waals surface area contributed by atoms with Gasteiger partial charge in [-0.15, -0.1) is 0 Å². The molecule has 0 spiro atoms. The fourth-order valence-corrected chi connectivity index (χ4v) is 5.50. The first-order valence-electron chi connectivity index (χ1n) is 15.5. The lowest BCUT2D eigenvalue weighted by molar-refractivity contribution is 0.394. The molecular weight excluding hydrogens is 516 g/mol. The highest BCUT2D eigenvalue weighted by molar-refractivity contribution is 5.88. The number of benzene rings is 2. The number of ether oxygens (including phenoxy) is 4. The molecular formula is C35H50O6. The zero-order chi connectivity index (χ0) is 29.5. The van der Waals surface area contributed by atoms with Crippen LogP contribution in [0.15, 0.2) is 39.5 Å². The minimum absolute atomic E-state index is 0.0756. The number of hydrogen-bond donors (Lipinski definition) is 0. The predicted molar refractivity (Wildman–Crippen MR) is 168 cm³/mol. The van der Waals surface area contributed by atoms with E-state index < -0.39 is 0 Å². The Labute approximate surface area is 246 Å². The predicted octanol–water partition coefficient (Wildman–Crippen LogP) is 9.52. The number of methoxy groups -OCH3 is 4. The summed E-state index contributed by atoms with van der Waals surface area (Å²) in [5.74, 6) is 2.79. The number of rotatable bonds is 20. The standard InChI is InChI=1S/C35H50O6/c1-6-7-8-9-10-11-12-13-14-15-16-17-18-19-20-29-34(36)33-31(40-5)24-27(38-3)25-32(33)41-35(29)28-22-21-26(37-2)23-30(28)39-4/h21-25H,6-20H2,1-5H3. The van der Waals surface area contributed by atoms with Crippen molar-refractivity contribution in [3.8, 4) is 34.3 Å². The number of hydrogen-bond acceptors (Lipinski definition) is 6. The van der Waals surface area contributed by atoms with Crippen LogP contribution in [0.4, 0.5) is 0 Å². The van der Waals surface area contributed by atoms with Crippen LogP contribution in [-0.2, 0) is 6.42 Å². The lowest BCUT2D eigenvalue weighted by atomic mass is 9.98. The van der Waals surface area contributed by atoms with E-state index in [0.717, 1.165) is 18.4 Å². The Hall–Kier alpha value is -3.15. The van der Waals surface area contributed by atoms with Crippen molar-refractivity contribution in [3.05, 3.63) is 46.1 Å². The molecule has 0 fully saturated rings. The molecule has 0 unspecified atom stereocenters. The Bertz CT molecular complexity index is 1260. The average Bonchev–Trinajstić information content (AvgIpc) is 3.00. The summed E-state index contributed by atoms with van der Waals surface area (Å²) >= 11 is 0. The second-order valence-electron chi connectivity index (χ2n) is 10.9. The van der Waals surface area contributed by atoms with Crippen molar-refractivity contribution in [1.82, 2.24) is 0 Å². The lowest BCUT2D eigenvalue weighted by Gasteiger charge is -2.15. The molecule has 0 amide bonds. The van der Waals surface area contributed by atoms with E-state index in [9.17, 15) is 4.79 Å². The molecule has 0 atom stereocenters. The SMILES string of the molecule is CCCCCCCCCCCCCCCCc1c(-c2ccc(OC)cc2OC)oc2cc(OC)cc(OC)c2c1=O. The second kappa shape index (κ2) is 17.6. The Kier molecular flexibility index (Phi) is 13.9. The number of unbranched alkanes of at least 4 members (excludes halogenated alkanes) is 13. The molecule has 0 aliphatic heterocycles.